The summed E-state index contributed by atoms with van der Waals surface area (Å²) in [5.74, 6) is -3.89. The van der Waals surface area contributed by atoms with E-state index in [9.17, 15) is 34.2 Å². The van der Waals surface area contributed by atoms with Gasteiger partial charge in [0.2, 0.25) is 11.8 Å². The lowest BCUT2D eigenvalue weighted by atomic mass is 10.00. The number of urea groups is 1. The molecule has 0 spiro atoms. The average molecular weight is 465 g/mol. The molecule has 0 heterocycles. The molecule has 33 heavy (non-hydrogen) atoms. The predicted molar refractivity (Wildman–Crippen MR) is 119 cm³/mol. The van der Waals surface area contributed by atoms with E-state index in [0.717, 1.165) is 0 Å². The second-order valence-corrected chi connectivity index (χ2v) is 8.29. The first-order chi connectivity index (χ1) is 15.5. The summed E-state index contributed by atoms with van der Waals surface area (Å²) in [5.41, 5.74) is 0.226. The van der Waals surface area contributed by atoms with Crippen LogP contribution in [-0.2, 0) is 14.4 Å². The van der Waals surface area contributed by atoms with Crippen molar-refractivity contribution >= 4 is 29.7 Å². The van der Waals surface area contributed by atoms with E-state index >= 15 is 0 Å². The first kappa shape index (κ1) is 27.6. The van der Waals surface area contributed by atoms with Crippen molar-refractivity contribution in [3.63, 3.8) is 0 Å². The van der Waals surface area contributed by atoms with Crippen molar-refractivity contribution in [1.29, 1.82) is 0 Å². The molecule has 6 N–H and O–H groups in total. The number of benzene rings is 1. The second kappa shape index (κ2) is 13.2. The van der Waals surface area contributed by atoms with Crippen LogP contribution in [0.4, 0.5) is 4.79 Å². The Bertz CT molecular complexity index is 842. The van der Waals surface area contributed by atoms with E-state index in [1.165, 1.54) is 12.1 Å². The minimum atomic E-state index is -1.45. The van der Waals surface area contributed by atoms with Gasteiger partial charge in [-0.2, -0.15) is 0 Å². The summed E-state index contributed by atoms with van der Waals surface area (Å²) in [6, 6.07) is 3.23. The molecule has 3 atom stereocenters. The summed E-state index contributed by atoms with van der Waals surface area (Å²) in [4.78, 5) is 60.9. The molecule has 0 aliphatic heterocycles. The predicted octanol–water partition coefficient (Wildman–Crippen LogP) is 0.243. The Morgan fingerprint density at radius 3 is 1.91 bits per heavy atom. The average Bonchev–Trinajstić information content (AvgIpc) is 2.74. The van der Waals surface area contributed by atoms with E-state index in [-0.39, 0.29) is 23.8 Å². The van der Waals surface area contributed by atoms with E-state index in [2.05, 4.69) is 21.3 Å². The summed E-state index contributed by atoms with van der Waals surface area (Å²) in [5, 5.41) is 27.9. The highest BCUT2D eigenvalue weighted by Crippen LogP contribution is 2.08. The van der Waals surface area contributed by atoms with E-state index in [1.54, 1.807) is 32.0 Å². The number of imide groups is 1. The molecule has 0 aromatic heterocycles. The van der Waals surface area contributed by atoms with Gasteiger partial charge in [-0.25, -0.2) is 9.59 Å². The zero-order valence-corrected chi connectivity index (χ0v) is 19.1. The van der Waals surface area contributed by atoms with Gasteiger partial charge in [-0.1, -0.05) is 45.9 Å². The Morgan fingerprint density at radius 2 is 1.42 bits per heavy atom. The number of hydrogen-bond acceptors (Lipinski definition) is 6. The molecule has 5 amide bonds. The maximum absolute atomic E-state index is 12.7. The number of nitrogens with one attached hydrogen (secondary N) is 4. The Labute approximate surface area is 192 Å². The van der Waals surface area contributed by atoms with Crippen molar-refractivity contribution in [3.8, 4) is 0 Å². The van der Waals surface area contributed by atoms with Crippen molar-refractivity contribution in [2.45, 2.75) is 52.2 Å². The number of carbonyl (C=O) groups excluding carboxylic acids is 4. The first-order valence-electron chi connectivity index (χ1n) is 10.6. The highest BCUT2D eigenvalue weighted by molar-refractivity contribution is 6.05. The zero-order chi connectivity index (χ0) is 25.1. The van der Waals surface area contributed by atoms with E-state index in [0.29, 0.717) is 0 Å². The Balaban J connectivity index is 2.82. The zero-order valence-electron chi connectivity index (χ0n) is 19.1. The van der Waals surface area contributed by atoms with E-state index in [1.807, 2.05) is 13.8 Å². The van der Waals surface area contributed by atoms with Crippen LogP contribution in [0.1, 0.15) is 44.5 Å². The highest BCUT2D eigenvalue weighted by Gasteiger charge is 2.31. The van der Waals surface area contributed by atoms with Crippen LogP contribution in [0.3, 0.4) is 0 Å². The summed E-state index contributed by atoms with van der Waals surface area (Å²) in [7, 11) is 0. The van der Waals surface area contributed by atoms with Gasteiger partial charge in [-0.15, -0.1) is 0 Å². The van der Waals surface area contributed by atoms with Crippen LogP contribution in [0.15, 0.2) is 30.3 Å². The van der Waals surface area contributed by atoms with Crippen LogP contribution in [0, 0.1) is 11.8 Å². The number of carboxylic acids is 1. The Kier molecular flexibility index (Phi) is 11.0. The first-order valence-corrected chi connectivity index (χ1v) is 10.6. The third-order valence-electron chi connectivity index (χ3n) is 4.64. The molecule has 11 nitrogen and oxygen atoms in total. The van der Waals surface area contributed by atoms with Gasteiger partial charge in [0.25, 0.3) is 5.91 Å². The van der Waals surface area contributed by atoms with Gasteiger partial charge in [-0.3, -0.25) is 19.7 Å². The molecule has 1 aromatic rings. The van der Waals surface area contributed by atoms with Crippen LogP contribution in [-0.4, -0.2) is 64.7 Å². The van der Waals surface area contributed by atoms with Crippen molar-refractivity contribution in [3.05, 3.63) is 35.9 Å². The fourth-order valence-electron chi connectivity index (χ4n) is 2.90. The van der Waals surface area contributed by atoms with Crippen molar-refractivity contribution in [2.75, 3.05) is 6.61 Å². The molecule has 0 radical (unpaired) electrons. The molecule has 1 aromatic carbocycles. The van der Waals surface area contributed by atoms with Crippen LogP contribution < -0.4 is 21.3 Å². The summed E-state index contributed by atoms with van der Waals surface area (Å²) in [6.45, 7) is 6.10. The standard InChI is InChI=1S/C22H32N4O7/c1-12(2)10-15(19(29)25-17(13(3)4)21(31)32)23-20(30)16(11-27)24-22(33)26-18(28)14-8-6-5-7-9-14/h5-9,12-13,15-17,27H,10-11H2,1-4H3,(H,23,30)(H,25,29)(H,31,32)(H2,24,26,28,33)/t15-,16-,17-/m0/s1. The lowest BCUT2D eigenvalue weighted by Crippen LogP contribution is -2.58. The van der Waals surface area contributed by atoms with Gasteiger partial charge in [0.05, 0.1) is 6.61 Å². The van der Waals surface area contributed by atoms with Crippen LogP contribution in [0.5, 0.6) is 0 Å². The van der Waals surface area contributed by atoms with Crippen molar-refractivity contribution < 1.29 is 34.2 Å². The van der Waals surface area contributed by atoms with E-state index in [4.69, 9.17) is 0 Å². The van der Waals surface area contributed by atoms with Crippen molar-refractivity contribution in [2.24, 2.45) is 11.8 Å². The number of aliphatic hydroxyl groups is 1. The Morgan fingerprint density at radius 1 is 0.848 bits per heavy atom. The highest BCUT2D eigenvalue weighted by atomic mass is 16.4. The number of aliphatic carboxylic acids is 1. The SMILES string of the molecule is CC(C)C[C@H](NC(=O)[C@H](CO)NC(=O)NC(=O)c1ccccc1)C(=O)N[C@H](C(=O)O)C(C)C. The fraction of sp³-hybridized carbons (Fsp3) is 0.500. The number of carbonyl (C=O) groups is 5. The largest absolute Gasteiger partial charge is 0.480 e. The molecule has 0 bridgehead atoms. The van der Waals surface area contributed by atoms with Gasteiger partial charge in [0.15, 0.2) is 0 Å². The third-order valence-corrected chi connectivity index (χ3v) is 4.64. The molecule has 11 heteroatoms. The number of carboxylic acid groups (broad SMARTS) is 1. The van der Waals surface area contributed by atoms with Gasteiger partial charge < -0.3 is 26.2 Å². The molecule has 0 saturated carbocycles. The monoisotopic (exact) mass is 464 g/mol. The molecule has 0 fully saturated rings. The van der Waals surface area contributed by atoms with Crippen LogP contribution in [0.25, 0.3) is 0 Å². The molecule has 0 aliphatic rings. The van der Waals surface area contributed by atoms with Gasteiger partial charge in [0, 0.05) is 5.56 Å². The van der Waals surface area contributed by atoms with Gasteiger partial charge in [0.1, 0.15) is 18.1 Å². The van der Waals surface area contributed by atoms with Gasteiger partial charge in [-0.05, 0) is 30.4 Å². The lowest BCUT2D eigenvalue weighted by Gasteiger charge is -2.26. The Hall–Kier alpha value is -3.47. The summed E-state index contributed by atoms with van der Waals surface area (Å²) < 4.78 is 0. The van der Waals surface area contributed by atoms with Crippen molar-refractivity contribution in [1.82, 2.24) is 21.3 Å². The number of amides is 5. The molecule has 0 unspecified atom stereocenters. The smallest absolute Gasteiger partial charge is 0.326 e. The lowest BCUT2D eigenvalue weighted by molar-refractivity contribution is -0.143. The van der Waals surface area contributed by atoms with Gasteiger partial charge >= 0.3 is 12.0 Å². The quantitative estimate of drug-likeness (QED) is 0.272. The summed E-state index contributed by atoms with van der Waals surface area (Å²) >= 11 is 0. The fourth-order valence-corrected chi connectivity index (χ4v) is 2.90. The molecule has 182 valence electrons. The van der Waals surface area contributed by atoms with Crippen LogP contribution >= 0.6 is 0 Å². The number of rotatable bonds is 11. The van der Waals surface area contributed by atoms with Crippen LogP contribution in [0.2, 0.25) is 0 Å². The maximum Gasteiger partial charge on any atom is 0.326 e. The normalized spacial score (nSPS) is 13.5. The summed E-state index contributed by atoms with van der Waals surface area (Å²) in [6.07, 6.45) is 0.193. The number of aliphatic hydroxyl groups excluding tert-OH is 1. The third kappa shape index (κ3) is 9.27. The topological polar surface area (TPSA) is 174 Å². The molecular weight excluding hydrogens is 432 g/mol. The minimum absolute atomic E-state index is 0.0318. The van der Waals surface area contributed by atoms with E-state index < -0.39 is 54.5 Å². The molecule has 1 rings (SSSR count). The maximum atomic E-state index is 12.7. The second-order valence-electron chi connectivity index (χ2n) is 8.29. The molecule has 0 saturated heterocycles. The molecular formula is C22H32N4O7. The minimum Gasteiger partial charge on any atom is -0.480 e. The number of hydrogen-bond donors (Lipinski definition) is 6. The molecule has 0 aliphatic carbocycles.